The molecule has 0 radical (unpaired) electrons. The molecule has 2 fully saturated rings. The lowest BCUT2D eigenvalue weighted by molar-refractivity contribution is 0.0167. The number of ether oxygens (including phenoxy) is 2. The van der Waals surface area contributed by atoms with Gasteiger partial charge in [0.1, 0.15) is 0 Å². The molecule has 2 atom stereocenters. The van der Waals surface area contributed by atoms with Gasteiger partial charge in [0.2, 0.25) is 0 Å². The number of halogens is 1. The Bertz CT molecular complexity index is 628. The Morgan fingerprint density at radius 1 is 1.30 bits per heavy atom. The predicted octanol–water partition coefficient (Wildman–Crippen LogP) is 2.45. The lowest BCUT2D eigenvalue weighted by Crippen LogP contribution is -2.49. The second-order valence-electron chi connectivity index (χ2n) is 7.43. The fourth-order valence-electron chi connectivity index (χ4n) is 3.72. The molecule has 2 N–H and O–H groups in total. The number of benzene rings is 1. The van der Waals surface area contributed by atoms with Crippen LogP contribution in [0.5, 0.6) is 0 Å². The van der Waals surface area contributed by atoms with Crippen LogP contribution in [0.15, 0.2) is 29.3 Å². The van der Waals surface area contributed by atoms with Crippen LogP contribution in [-0.4, -0.2) is 69.5 Å². The van der Waals surface area contributed by atoms with Gasteiger partial charge in [-0.05, 0) is 37.5 Å². The Kier molecular flexibility index (Phi) is 7.35. The van der Waals surface area contributed by atoms with Gasteiger partial charge < -0.3 is 20.1 Å². The number of rotatable bonds is 6. The molecular formula is C20H31ClN4O2. The summed E-state index contributed by atoms with van der Waals surface area (Å²) in [4.78, 5) is 6.82. The summed E-state index contributed by atoms with van der Waals surface area (Å²) in [5, 5.41) is 7.66. The molecule has 0 aliphatic carbocycles. The van der Waals surface area contributed by atoms with Gasteiger partial charge in [0, 0.05) is 44.9 Å². The first kappa shape index (κ1) is 20.4. The van der Waals surface area contributed by atoms with Crippen LogP contribution < -0.4 is 10.6 Å². The van der Waals surface area contributed by atoms with Gasteiger partial charge in [0.25, 0.3) is 0 Å². The maximum atomic E-state index is 6.24. The summed E-state index contributed by atoms with van der Waals surface area (Å²) in [6, 6.07) is 8.32. The monoisotopic (exact) mass is 394 g/mol. The van der Waals surface area contributed by atoms with Crippen LogP contribution in [-0.2, 0) is 9.47 Å². The van der Waals surface area contributed by atoms with E-state index in [9.17, 15) is 0 Å². The van der Waals surface area contributed by atoms with E-state index < -0.39 is 0 Å². The molecule has 1 aromatic rings. The molecule has 0 amide bonds. The first-order valence-electron chi connectivity index (χ1n) is 9.75. The first-order chi connectivity index (χ1) is 13.1. The third-order valence-electron chi connectivity index (χ3n) is 5.34. The van der Waals surface area contributed by atoms with Crippen LogP contribution in [0.25, 0.3) is 0 Å². The summed E-state index contributed by atoms with van der Waals surface area (Å²) in [5.74, 6) is 0.798. The lowest BCUT2D eigenvalue weighted by Gasteiger charge is -2.35. The summed E-state index contributed by atoms with van der Waals surface area (Å²) in [7, 11) is 1.80. The third kappa shape index (κ3) is 5.82. The number of nitrogens with one attached hydrogen (secondary N) is 2. The van der Waals surface area contributed by atoms with Gasteiger partial charge in [-0.1, -0.05) is 23.7 Å². The highest BCUT2D eigenvalue weighted by Crippen LogP contribution is 2.25. The normalized spacial score (nSPS) is 25.4. The number of nitrogens with zero attached hydrogens (tertiary/aromatic N) is 2. The molecule has 27 heavy (non-hydrogen) atoms. The van der Waals surface area contributed by atoms with Gasteiger partial charge in [-0.2, -0.15) is 0 Å². The predicted molar refractivity (Wildman–Crippen MR) is 110 cm³/mol. The third-order valence-corrected chi connectivity index (χ3v) is 5.57. The van der Waals surface area contributed by atoms with Crippen molar-refractivity contribution >= 4 is 17.6 Å². The quantitative estimate of drug-likeness (QED) is 0.573. The van der Waals surface area contributed by atoms with Gasteiger partial charge in [-0.15, -0.1) is 0 Å². The van der Waals surface area contributed by atoms with Crippen molar-refractivity contribution < 1.29 is 9.47 Å². The van der Waals surface area contributed by atoms with Crippen molar-refractivity contribution in [3.63, 3.8) is 0 Å². The molecule has 2 heterocycles. The Labute approximate surface area is 167 Å². The van der Waals surface area contributed by atoms with Crippen molar-refractivity contribution in [2.24, 2.45) is 4.99 Å². The number of hydrogen-bond acceptors (Lipinski definition) is 4. The minimum atomic E-state index is -0.103. The standard InChI is InChI=1S/C20H31ClN4O2/c1-20(7-4-10-27-20)15-24-19(22-2)23-14-18(25-8-11-26-12-9-25)16-5-3-6-17(21)13-16/h3,5-6,13,18H,4,7-12,14-15H2,1-2H3,(H2,22,23,24). The first-order valence-corrected chi connectivity index (χ1v) is 10.1. The lowest BCUT2D eigenvalue weighted by atomic mass is 10.0. The summed E-state index contributed by atoms with van der Waals surface area (Å²) in [6.45, 7) is 7.86. The Morgan fingerprint density at radius 2 is 2.11 bits per heavy atom. The van der Waals surface area contributed by atoms with Crippen LogP contribution in [0.4, 0.5) is 0 Å². The summed E-state index contributed by atoms with van der Waals surface area (Å²) < 4.78 is 11.4. The van der Waals surface area contributed by atoms with E-state index in [4.69, 9.17) is 21.1 Å². The second kappa shape index (κ2) is 9.73. The van der Waals surface area contributed by atoms with E-state index in [0.717, 1.165) is 69.8 Å². The molecule has 0 saturated carbocycles. The molecule has 7 heteroatoms. The largest absolute Gasteiger partial charge is 0.379 e. The fourth-order valence-corrected chi connectivity index (χ4v) is 3.92. The van der Waals surface area contributed by atoms with E-state index in [1.807, 2.05) is 18.2 Å². The van der Waals surface area contributed by atoms with E-state index in [0.29, 0.717) is 0 Å². The number of hydrogen-bond donors (Lipinski definition) is 2. The molecule has 3 rings (SSSR count). The maximum absolute atomic E-state index is 6.24. The molecule has 2 unspecified atom stereocenters. The van der Waals surface area contributed by atoms with E-state index in [2.05, 4.69) is 33.5 Å². The SMILES string of the molecule is CN=C(NCC(c1cccc(Cl)c1)N1CCOCC1)NCC1(C)CCCO1. The zero-order valence-electron chi connectivity index (χ0n) is 16.3. The molecule has 2 aliphatic heterocycles. The van der Waals surface area contributed by atoms with Crippen molar-refractivity contribution in [1.82, 2.24) is 15.5 Å². The summed E-state index contributed by atoms with van der Waals surface area (Å²) >= 11 is 6.24. The topological polar surface area (TPSA) is 58.1 Å². The van der Waals surface area contributed by atoms with Crippen LogP contribution in [0.3, 0.4) is 0 Å². The molecular weight excluding hydrogens is 364 g/mol. The average Bonchev–Trinajstić information content (AvgIpc) is 3.12. The van der Waals surface area contributed by atoms with Gasteiger partial charge >= 0.3 is 0 Å². The van der Waals surface area contributed by atoms with Crippen molar-refractivity contribution in [2.75, 3.05) is 53.0 Å². The van der Waals surface area contributed by atoms with Gasteiger partial charge in [0.15, 0.2) is 5.96 Å². The number of morpholine rings is 1. The minimum Gasteiger partial charge on any atom is -0.379 e. The van der Waals surface area contributed by atoms with Gasteiger partial charge in [0.05, 0.1) is 24.9 Å². The van der Waals surface area contributed by atoms with Gasteiger partial charge in [-0.3, -0.25) is 9.89 Å². The molecule has 150 valence electrons. The van der Waals surface area contributed by atoms with E-state index in [1.165, 1.54) is 5.56 Å². The average molecular weight is 395 g/mol. The summed E-state index contributed by atoms with van der Waals surface area (Å²) in [6.07, 6.45) is 2.20. The Morgan fingerprint density at radius 3 is 2.78 bits per heavy atom. The minimum absolute atomic E-state index is 0.103. The smallest absolute Gasteiger partial charge is 0.191 e. The van der Waals surface area contributed by atoms with Gasteiger partial charge in [-0.25, -0.2) is 0 Å². The Hall–Kier alpha value is -1.34. The van der Waals surface area contributed by atoms with Crippen molar-refractivity contribution in [3.8, 4) is 0 Å². The maximum Gasteiger partial charge on any atom is 0.191 e. The van der Waals surface area contributed by atoms with Crippen LogP contribution in [0.2, 0.25) is 5.02 Å². The molecule has 1 aromatic carbocycles. The molecule has 0 spiro atoms. The second-order valence-corrected chi connectivity index (χ2v) is 7.86. The number of aliphatic imine (C=N–C) groups is 1. The van der Waals surface area contributed by atoms with E-state index in [1.54, 1.807) is 7.05 Å². The molecule has 2 aliphatic rings. The highest BCUT2D eigenvalue weighted by molar-refractivity contribution is 6.30. The molecule has 0 bridgehead atoms. The van der Waals surface area contributed by atoms with Crippen molar-refractivity contribution in [1.29, 1.82) is 0 Å². The zero-order valence-corrected chi connectivity index (χ0v) is 17.1. The van der Waals surface area contributed by atoms with E-state index >= 15 is 0 Å². The van der Waals surface area contributed by atoms with Crippen LogP contribution in [0.1, 0.15) is 31.4 Å². The summed E-state index contributed by atoms with van der Waals surface area (Å²) in [5.41, 5.74) is 1.10. The molecule has 6 nitrogen and oxygen atoms in total. The van der Waals surface area contributed by atoms with Crippen LogP contribution >= 0.6 is 11.6 Å². The Balaban J connectivity index is 1.62. The van der Waals surface area contributed by atoms with Crippen molar-refractivity contribution in [2.45, 2.75) is 31.4 Å². The fraction of sp³-hybridized carbons (Fsp3) is 0.650. The number of guanidine groups is 1. The van der Waals surface area contributed by atoms with E-state index in [-0.39, 0.29) is 11.6 Å². The molecule has 0 aromatic heterocycles. The highest BCUT2D eigenvalue weighted by atomic mass is 35.5. The van der Waals surface area contributed by atoms with Crippen LogP contribution in [0, 0.1) is 0 Å². The highest BCUT2D eigenvalue weighted by Gasteiger charge is 2.30. The molecule has 2 saturated heterocycles. The zero-order chi connectivity index (χ0) is 19.1. The van der Waals surface area contributed by atoms with Crippen molar-refractivity contribution in [3.05, 3.63) is 34.9 Å².